The summed E-state index contributed by atoms with van der Waals surface area (Å²) in [6.45, 7) is 8.33. The summed E-state index contributed by atoms with van der Waals surface area (Å²) in [6.07, 6.45) is 7.28. The zero-order valence-corrected chi connectivity index (χ0v) is 21.9. The van der Waals surface area contributed by atoms with Crippen LogP contribution in [0.25, 0.3) is 70.6 Å². The summed E-state index contributed by atoms with van der Waals surface area (Å²) in [5.41, 5.74) is 7.50. The minimum absolute atomic E-state index is 1.04. The number of aryl methyl sites for hydroxylation is 1. The second-order valence-electron chi connectivity index (χ2n) is 9.69. The van der Waals surface area contributed by atoms with E-state index < -0.39 is 0 Å². The van der Waals surface area contributed by atoms with Gasteiger partial charge in [-0.3, -0.25) is 0 Å². The van der Waals surface area contributed by atoms with E-state index in [9.17, 15) is 0 Å². The molecule has 0 bridgehead atoms. The smallest absolute Gasteiger partial charge is 0.0619 e. The molecular weight excluding hydrogens is 466 g/mol. The highest BCUT2D eigenvalue weighted by Gasteiger charge is 2.18. The van der Waals surface area contributed by atoms with Crippen LogP contribution in [0.15, 0.2) is 97.6 Å². The molecule has 0 saturated heterocycles. The Kier molecular flexibility index (Phi) is 5.05. The van der Waals surface area contributed by atoms with E-state index in [1.807, 2.05) is 17.4 Å². The first-order chi connectivity index (χ1) is 18.2. The van der Waals surface area contributed by atoms with Crippen LogP contribution in [-0.2, 0) is 6.42 Å². The van der Waals surface area contributed by atoms with Crippen LogP contribution in [0.2, 0.25) is 0 Å². The molecule has 1 nitrogen and oxygen atoms in total. The van der Waals surface area contributed by atoms with Crippen LogP contribution in [0.1, 0.15) is 30.5 Å². The number of rotatable bonds is 4. The first kappa shape index (κ1) is 22.1. The van der Waals surface area contributed by atoms with Gasteiger partial charge in [-0.15, -0.1) is 11.3 Å². The number of aromatic nitrogens is 1. The molecule has 0 aliphatic carbocycles. The maximum absolute atomic E-state index is 4.05. The molecular formula is C35H27NS. The van der Waals surface area contributed by atoms with E-state index in [0.29, 0.717) is 0 Å². The van der Waals surface area contributed by atoms with Gasteiger partial charge in [0.05, 0.1) is 11.0 Å². The summed E-state index contributed by atoms with van der Waals surface area (Å²) in [5, 5.41) is 7.79. The topological polar surface area (TPSA) is 4.93 Å². The fraction of sp³-hybridized carbons (Fsp3) is 0.0857. The van der Waals surface area contributed by atoms with Crippen molar-refractivity contribution in [1.29, 1.82) is 0 Å². The minimum atomic E-state index is 1.04. The Morgan fingerprint density at radius 3 is 2.32 bits per heavy atom. The number of nitrogens with zero attached hydrogens (tertiary/aromatic N) is 1. The largest absolute Gasteiger partial charge is 0.309 e. The zero-order chi connectivity index (χ0) is 25.1. The highest BCUT2D eigenvalue weighted by Crippen LogP contribution is 2.43. The summed E-state index contributed by atoms with van der Waals surface area (Å²) in [6, 6.07) is 31.8. The molecule has 37 heavy (non-hydrogen) atoms. The van der Waals surface area contributed by atoms with Gasteiger partial charge in [0.25, 0.3) is 0 Å². The lowest BCUT2D eigenvalue weighted by atomic mass is 10.0. The molecule has 0 fully saturated rings. The van der Waals surface area contributed by atoms with Crippen molar-refractivity contribution in [3.8, 4) is 5.69 Å². The molecule has 0 amide bonds. The molecule has 178 valence electrons. The van der Waals surface area contributed by atoms with Gasteiger partial charge in [-0.25, -0.2) is 0 Å². The second-order valence-corrected chi connectivity index (χ2v) is 10.8. The van der Waals surface area contributed by atoms with E-state index in [-0.39, 0.29) is 0 Å². The Bertz CT molecular complexity index is 2030. The SMILES string of the molecule is C=Cc1cc2sc3cc4c(cc3c2cc1/C=C\C)c1ccc2ccccc2c1n4-c1ccc(CC)cc1. The van der Waals surface area contributed by atoms with Crippen LogP contribution in [0.3, 0.4) is 0 Å². The fourth-order valence-corrected chi connectivity index (χ4v) is 6.92. The molecule has 0 aliphatic rings. The first-order valence-corrected chi connectivity index (χ1v) is 13.7. The Morgan fingerprint density at radius 1 is 0.757 bits per heavy atom. The van der Waals surface area contributed by atoms with Crippen LogP contribution in [0.4, 0.5) is 0 Å². The normalized spacial score (nSPS) is 12.2. The average molecular weight is 494 g/mol. The third-order valence-corrected chi connectivity index (χ3v) is 8.73. The fourth-order valence-electron chi connectivity index (χ4n) is 5.77. The van der Waals surface area contributed by atoms with Crippen LogP contribution in [-0.4, -0.2) is 4.57 Å². The Hall–Kier alpha value is -4.14. The number of hydrogen-bond acceptors (Lipinski definition) is 1. The molecule has 0 radical (unpaired) electrons. The summed E-state index contributed by atoms with van der Waals surface area (Å²) in [5.74, 6) is 0. The molecule has 7 rings (SSSR count). The van der Waals surface area contributed by atoms with Crippen molar-refractivity contribution in [1.82, 2.24) is 4.57 Å². The molecule has 0 aliphatic heterocycles. The van der Waals surface area contributed by atoms with Gasteiger partial charge >= 0.3 is 0 Å². The van der Waals surface area contributed by atoms with E-state index in [1.54, 1.807) is 0 Å². The predicted molar refractivity (Wildman–Crippen MR) is 165 cm³/mol. The average Bonchev–Trinajstić information content (AvgIpc) is 3.46. The molecule has 0 unspecified atom stereocenters. The number of fused-ring (bicyclic) bond motifs is 8. The molecule has 0 atom stereocenters. The Labute approximate surface area is 220 Å². The van der Waals surface area contributed by atoms with Crippen LogP contribution in [0.5, 0.6) is 0 Å². The highest BCUT2D eigenvalue weighted by atomic mass is 32.1. The molecule has 0 N–H and O–H groups in total. The quantitative estimate of drug-likeness (QED) is 0.230. The second kappa shape index (κ2) is 8.47. The van der Waals surface area contributed by atoms with Crippen molar-refractivity contribution in [2.45, 2.75) is 20.3 Å². The van der Waals surface area contributed by atoms with E-state index in [2.05, 4.69) is 122 Å². The monoisotopic (exact) mass is 493 g/mol. The van der Waals surface area contributed by atoms with Crippen molar-refractivity contribution in [2.75, 3.05) is 0 Å². The van der Waals surface area contributed by atoms with E-state index in [0.717, 1.165) is 6.42 Å². The minimum Gasteiger partial charge on any atom is -0.309 e. The van der Waals surface area contributed by atoms with Crippen LogP contribution in [0, 0.1) is 0 Å². The zero-order valence-electron chi connectivity index (χ0n) is 21.1. The van der Waals surface area contributed by atoms with E-state index in [4.69, 9.17) is 0 Å². The molecule has 5 aromatic carbocycles. The lowest BCUT2D eigenvalue weighted by molar-refractivity contribution is 1.12. The third kappa shape index (κ3) is 3.29. The van der Waals surface area contributed by atoms with Crippen molar-refractivity contribution in [3.63, 3.8) is 0 Å². The standard InChI is InChI=1S/C35H27NS/c1-4-9-25-18-30-31-20-29-28-17-14-24-10-7-8-11-27(24)35(28)36(26-15-12-22(5-2)13-16-26)32(29)21-34(31)37-33(30)19-23(25)6-3/h4,6-21H,3,5H2,1-2H3/b9-4-. The predicted octanol–water partition coefficient (Wildman–Crippen LogP) is 10.5. The van der Waals surface area contributed by atoms with Crippen molar-refractivity contribution >= 4 is 76.2 Å². The molecule has 0 spiro atoms. The van der Waals surface area contributed by atoms with Gasteiger partial charge in [0.1, 0.15) is 0 Å². The van der Waals surface area contributed by atoms with Gasteiger partial charge in [0.2, 0.25) is 0 Å². The van der Waals surface area contributed by atoms with Crippen LogP contribution < -0.4 is 0 Å². The lowest BCUT2D eigenvalue weighted by Crippen LogP contribution is -1.95. The summed E-state index contributed by atoms with van der Waals surface area (Å²) < 4.78 is 5.09. The summed E-state index contributed by atoms with van der Waals surface area (Å²) >= 11 is 1.87. The summed E-state index contributed by atoms with van der Waals surface area (Å²) in [7, 11) is 0. The molecule has 2 aromatic heterocycles. The Morgan fingerprint density at radius 2 is 1.54 bits per heavy atom. The van der Waals surface area contributed by atoms with E-state index >= 15 is 0 Å². The number of hydrogen-bond donors (Lipinski definition) is 0. The van der Waals surface area contributed by atoms with Gasteiger partial charge in [0, 0.05) is 42.0 Å². The maximum Gasteiger partial charge on any atom is 0.0619 e. The van der Waals surface area contributed by atoms with Crippen molar-refractivity contribution in [2.24, 2.45) is 0 Å². The van der Waals surface area contributed by atoms with Crippen molar-refractivity contribution < 1.29 is 0 Å². The molecule has 2 heteroatoms. The number of thiophene rings is 1. The molecule has 7 aromatic rings. The highest BCUT2D eigenvalue weighted by molar-refractivity contribution is 7.25. The molecule has 0 saturated carbocycles. The number of allylic oxidation sites excluding steroid dienone is 1. The van der Waals surface area contributed by atoms with Gasteiger partial charge < -0.3 is 4.57 Å². The van der Waals surface area contributed by atoms with Crippen molar-refractivity contribution in [3.05, 3.63) is 114 Å². The van der Waals surface area contributed by atoms with Gasteiger partial charge in [-0.2, -0.15) is 0 Å². The Balaban J connectivity index is 1.64. The van der Waals surface area contributed by atoms with E-state index in [1.165, 1.54) is 75.1 Å². The van der Waals surface area contributed by atoms with Gasteiger partial charge in [-0.05, 0) is 71.8 Å². The molecule has 2 heterocycles. The number of benzene rings is 5. The first-order valence-electron chi connectivity index (χ1n) is 12.9. The third-order valence-electron chi connectivity index (χ3n) is 7.62. The van der Waals surface area contributed by atoms with Crippen LogP contribution >= 0.6 is 11.3 Å². The lowest BCUT2D eigenvalue weighted by Gasteiger charge is -2.10. The van der Waals surface area contributed by atoms with Gasteiger partial charge in [0.15, 0.2) is 0 Å². The maximum atomic E-state index is 4.05. The van der Waals surface area contributed by atoms with Gasteiger partial charge in [-0.1, -0.05) is 80.3 Å². The summed E-state index contributed by atoms with van der Waals surface area (Å²) in [4.78, 5) is 0.